The van der Waals surface area contributed by atoms with Crippen molar-refractivity contribution in [3.8, 4) is 5.69 Å². The van der Waals surface area contributed by atoms with E-state index >= 15 is 0 Å². The van der Waals surface area contributed by atoms with E-state index in [0.29, 0.717) is 53.4 Å². The molecular weight excluding hydrogens is 480 g/mol. The number of likely N-dealkylation sites (N-methyl/N-ethyl adjacent to an activating group) is 1. The number of amides is 1. The predicted molar refractivity (Wildman–Crippen MR) is 144 cm³/mol. The van der Waals surface area contributed by atoms with Gasteiger partial charge in [0.1, 0.15) is 5.82 Å². The number of fused-ring (bicyclic) bond motifs is 1. The standard InChI is InChI=1S/C27H29ClN4O2S/c1-4-24(31(16-15-30(2)3)25(33)18-21-8-7-17-35-21)26-29-23-10-6-5-9-22(23)27(34)32(26)20-13-11-19(28)12-14-20/h5-14,17,24H,4,15-16,18H2,1-3H3. The normalized spacial score (nSPS) is 12.3. The monoisotopic (exact) mass is 508 g/mol. The van der Waals surface area contributed by atoms with Crippen molar-refractivity contribution in [1.82, 2.24) is 19.4 Å². The first-order valence-electron chi connectivity index (χ1n) is 11.6. The molecule has 2 aromatic carbocycles. The molecule has 0 fully saturated rings. The molecular formula is C27H29ClN4O2S. The molecule has 1 atom stereocenters. The van der Waals surface area contributed by atoms with Crippen LogP contribution in [0, 0.1) is 0 Å². The number of halogens is 1. The van der Waals surface area contributed by atoms with Gasteiger partial charge in [0.15, 0.2) is 0 Å². The summed E-state index contributed by atoms with van der Waals surface area (Å²) in [5, 5.41) is 3.10. The van der Waals surface area contributed by atoms with E-state index in [1.54, 1.807) is 34.1 Å². The summed E-state index contributed by atoms with van der Waals surface area (Å²) < 4.78 is 1.63. The summed E-state index contributed by atoms with van der Waals surface area (Å²) in [6.45, 7) is 3.25. The van der Waals surface area contributed by atoms with Crippen LogP contribution >= 0.6 is 22.9 Å². The van der Waals surface area contributed by atoms with Crippen LogP contribution in [0.2, 0.25) is 5.02 Å². The average Bonchev–Trinajstić information content (AvgIpc) is 3.35. The molecule has 0 aliphatic rings. The molecule has 0 aliphatic heterocycles. The Kier molecular flexibility index (Phi) is 8.00. The summed E-state index contributed by atoms with van der Waals surface area (Å²) in [5.74, 6) is 0.572. The number of rotatable bonds is 9. The summed E-state index contributed by atoms with van der Waals surface area (Å²) in [6, 6.07) is 18.0. The first kappa shape index (κ1) is 25.1. The number of carbonyl (C=O) groups is 1. The second-order valence-electron chi connectivity index (χ2n) is 8.67. The number of hydrogen-bond acceptors (Lipinski definition) is 5. The van der Waals surface area contributed by atoms with Crippen LogP contribution in [0.4, 0.5) is 0 Å². The topological polar surface area (TPSA) is 58.4 Å². The molecule has 2 aromatic heterocycles. The van der Waals surface area contributed by atoms with E-state index in [1.165, 1.54) is 0 Å². The van der Waals surface area contributed by atoms with E-state index in [9.17, 15) is 9.59 Å². The maximum atomic E-state index is 13.7. The third-order valence-electron chi connectivity index (χ3n) is 5.96. The Morgan fingerprint density at radius 1 is 1.06 bits per heavy atom. The highest BCUT2D eigenvalue weighted by atomic mass is 35.5. The maximum Gasteiger partial charge on any atom is 0.266 e. The number of nitrogens with zero attached hydrogens (tertiary/aromatic N) is 4. The van der Waals surface area contributed by atoms with Crippen LogP contribution in [0.3, 0.4) is 0 Å². The summed E-state index contributed by atoms with van der Waals surface area (Å²) in [4.78, 5) is 37.3. The van der Waals surface area contributed by atoms with Gasteiger partial charge in [-0.2, -0.15) is 0 Å². The van der Waals surface area contributed by atoms with Gasteiger partial charge in [-0.15, -0.1) is 11.3 Å². The zero-order chi connectivity index (χ0) is 24.9. The first-order chi connectivity index (χ1) is 16.9. The molecule has 4 rings (SSSR count). The Labute approximate surface area is 214 Å². The molecule has 8 heteroatoms. The summed E-state index contributed by atoms with van der Waals surface area (Å²) >= 11 is 7.71. The molecule has 0 radical (unpaired) electrons. The van der Waals surface area contributed by atoms with Crippen molar-refractivity contribution in [3.63, 3.8) is 0 Å². The number of carbonyl (C=O) groups excluding carboxylic acids is 1. The van der Waals surface area contributed by atoms with E-state index in [0.717, 1.165) is 4.88 Å². The lowest BCUT2D eigenvalue weighted by Crippen LogP contribution is -2.42. The van der Waals surface area contributed by atoms with E-state index < -0.39 is 0 Å². The second kappa shape index (κ2) is 11.2. The molecule has 4 aromatic rings. The van der Waals surface area contributed by atoms with Crippen LogP contribution in [0.15, 0.2) is 70.8 Å². The zero-order valence-corrected chi connectivity index (χ0v) is 21.7. The Hall–Kier alpha value is -3.00. The Morgan fingerprint density at radius 3 is 2.46 bits per heavy atom. The highest BCUT2D eigenvalue weighted by molar-refractivity contribution is 7.10. The van der Waals surface area contributed by atoms with Crippen molar-refractivity contribution < 1.29 is 4.79 Å². The van der Waals surface area contributed by atoms with Crippen LogP contribution in [0.25, 0.3) is 16.6 Å². The van der Waals surface area contributed by atoms with E-state index in [1.807, 2.05) is 73.8 Å². The SMILES string of the molecule is CCC(c1nc2ccccc2c(=O)n1-c1ccc(Cl)cc1)N(CCN(C)C)C(=O)Cc1cccs1. The van der Waals surface area contributed by atoms with E-state index in [-0.39, 0.29) is 17.5 Å². The Balaban J connectivity index is 1.88. The quantitative estimate of drug-likeness (QED) is 0.312. The maximum absolute atomic E-state index is 13.7. The van der Waals surface area contributed by atoms with Crippen LogP contribution in [-0.4, -0.2) is 52.4 Å². The lowest BCUT2D eigenvalue weighted by molar-refractivity contribution is -0.133. The minimum Gasteiger partial charge on any atom is -0.331 e. The van der Waals surface area contributed by atoms with Crippen molar-refractivity contribution in [3.05, 3.63) is 92.1 Å². The highest BCUT2D eigenvalue weighted by Crippen LogP contribution is 2.27. The van der Waals surface area contributed by atoms with Gasteiger partial charge < -0.3 is 9.80 Å². The van der Waals surface area contributed by atoms with Crippen LogP contribution in [-0.2, 0) is 11.2 Å². The van der Waals surface area contributed by atoms with Gasteiger partial charge in [-0.3, -0.25) is 14.2 Å². The Bertz CT molecular complexity index is 1350. The number of para-hydroxylation sites is 1. The van der Waals surface area contributed by atoms with Crippen molar-refractivity contribution in [2.45, 2.75) is 25.8 Å². The minimum atomic E-state index is -0.379. The van der Waals surface area contributed by atoms with Gasteiger partial charge in [0, 0.05) is 23.0 Å². The van der Waals surface area contributed by atoms with Gasteiger partial charge >= 0.3 is 0 Å². The molecule has 0 spiro atoms. The molecule has 1 unspecified atom stereocenters. The second-order valence-corrected chi connectivity index (χ2v) is 10.1. The lowest BCUT2D eigenvalue weighted by Gasteiger charge is -2.33. The van der Waals surface area contributed by atoms with Gasteiger partial charge in [-0.1, -0.05) is 36.7 Å². The Morgan fingerprint density at radius 2 is 1.80 bits per heavy atom. The number of benzene rings is 2. The number of thiophene rings is 1. The van der Waals surface area contributed by atoms with Gasteiger partial charge in [-0.25, -0.2) is 4.98 Å². The van der Waals surface area contributed by atoms with Gasteiger partial charge in [-0.05, 0) is 68.4 Å². The highest BCUT2D eigenvalue weighted by Gasteiger charge is 2.29. The molecule has 0 saturated heterocycles. The van der Waals surface area contributed by atoms with E-state index in [4.69, 9.17) is 16.6 Å². The minimum absolute atomic E-state index is 0.0196. The van der Waals surface area contributed by atoms with Crippen LogP contribution in [0.5, 0.6) is 0 Å². The molecule has 2 heterocycles. The molecule has 6 nitrogen and oxygen atoms in total. The molecule has 0 bridgehead atoms. The molecule has 0 aliphatic carbocycles. The van der Waals surface area contributed by atoms with Crippen molar-refractivity contribution in [2.24, 2.45) is 0 Å². The summed E-state index contributed by atoms with van der Waals surface area (Å²) in [7, 11) is 3.97. The predicted octanol–water partition coefficient (Wildman–Crippen LogP) is 5.18. The van der Waals surface area contributed by atoms with Crippen molar-refractivity contribution >= 4 is 39.7 Å². The van der Waals surface area contributed by atoms with Gasteiger partial charge in [0.25, 0.3) is 5.56 Å². The molecule has 0 N–H and O–H groups in total. The fraction of sp³-hybridized carbons (Fsp3) is 0.296. The number of hydrogen-bond donors (Lipinski definition) is 0. The third kappa shape index (κ3) is 5.64. The smallest absolute Gasteiger partial charge is 0.266 e. The fourth-order valence-corrected chi connectivity index (χ4v) is 5.00. The summed E-state index contributed by atoms with van der Waals surface area (Å²) in [5.41, 5.74) is 1.13. The average molecular weight is 509 g/mol. The number of aromatic nitrogens is 2. The third-order valence-corrected chi connectivity index (χ3v) is 7.09. The fourth-order valence-electron chi connectivity index (χ4n) is 4.18. The van der Waals surface area contributed by atoms with E-state index in [2.05, 4.69) is 4.90 Å². The van der Waals surface area contributed by atoms with Crippen LogP contribution < -0.4 is 5.56 Å². The molecule has 35 heavy (non-hydrogen) atoms. The molecule has 1 amide bonds. The van der Waals surface area contributed by atoms with Crippen molar-refractivity contribution in [2.75, 3.05) is 27.2 Å². The van der Waals surface area contributed by atoms with Crippen LogP contribution in [0.1, 0.15) is 30.1 Å². The van der Waals surface area contributed by atoms with Gasteiger partial charge in [0.05, 0.1) is 29.1 Å². The lowest BCUT2D eigenvalue weighted by atomic mass is 10.1. The summed E-state index contributed by atoms with van der Waals surface area (Å²) in [6.07, 6.45) is 0.933. The molecule has 0 saturated carbocycles. The largest absolute Gasteiger partial charge is 0.331 e. The molecule has 182 valence electrons. The van der Waals surface area contributed by atoms with Gasteiger partial charge in [0.2, 0.25) is 5.91 Å². The first-order valence-corrected chi connectivity index (χ1v) is 12.9. The van der Waals surface area contributed by atoms with Crippen molar-refractivity contribution in [1.29, 1.82) is 0 Å². The zero-order valence-electron chi connectivity index (χ0n) is 20.1.